The minimum atomic E-state index is -0.171. The van der Waals surface area contributed by atoms with Crippen molar-refractivity contribution in [3.63, 3.8) is 0 Å². The molecule has 0 radical (unpaired) electrons. The summed E-state index contributed by atoms with van der Waals surface area (Å²) in [4.78, 5) is 25.1. The van der Waals surface area contributed by atoms with Crippen LogP contribution < -0.4 is 0 Å². The quantitative estimate of drug-likeness (QED) is 0.787. The first-order valence-electron chi connectivity index (χ1n) is 6.04. The summed E-state index contributed by atoms with van der Waals surface area (Å²) in [5, 5.41) is 6.58. The first-order valence-corrected chi connectivity index (χ1v) is 6.04. The number of rotatable bonds is 3. The van der Waals surface area contributed by atoms with Gasteiger partial charge in [-0.1, -0.05) is 0 Å². The lowest BCUT2D eigenvalue weighted by Crippen LogP contribution is -2.41. The van der Waals surface area contributed by atoms with Crippen LogP contribution in [-0.2, 0) is 20.7 Å². The van der Waals surface area contributed by atoms with Crippen molar-refractivity contribution in [3.05, 3.63) is 18.0 Å². The highest BCUT2D eigenvalue weighted by Crippen LogP contribution is 2.18. The van der Waals surface area contributed by atoms with E-state index in [4.69, 9.17) is 4.74 Å². The van der Waals surface area contributed by atoms with Gasteiger partial charge in [-0.3, -0.25) is 14.7 Å². The summed E-state index contributed by atoms with van der Waals surface area (Å²) in [6.45, 7) is 1.24. The molecule has 1 aromatic rings. The van der Waals surface area contributed by atoms with Crippen LogP contribution in [0.1, 0.15) is 18.5 Å². The number of nitrogens with zero attached hydrogens (tertiary/aromatic N) is 2. The Morgan fingerprint density at radius 2 is 2.22 bits per heavy atom. The van der Waals surface area contributed by atoms with E-state index >= 15 is 0 Å². The van der Waals surface area contributed by atoms with Crippen LogP contribution in [-0.4, -0.2) is 47.2 Å². The zero-order valence-electron chi connectivity index (χ0n) is 10.4. The Labute approximate surface area is 105 Å². The maximum Gasteiger partial charge on any atom is 0.308 e. The second kappa shape index (κ2) is 5.66. The Morgan fingerprint density at radius 1 is 1.50 bits per heavy atom. The zero-order chi connectivity index (χ0) is 13.0. The van der Waals surface area contributed by atoms with Gasteiger partial charge in [-0.25, -0.2) is 0 Å². The van der Waals surface area contributed by atoms with Crippen molar-refractivity contribution in [3.8, 4) is 0 Å². The van der Waals surface area contributed by atoms with Crippen molar-refractivity contribution in [2.75, 3.05) is 20.2 Å². The third kappa shape index (κ3) is 2.88. The molecule has 2 heterocycles. The van der Waals surface area contributed by atoms with Gasteiger partial charge in [-0.15, -0.1) is 0 Å². The van der Waals surface area contributed by atoms with Crippen LogP contribution in [0.15, 0.2) is 12.3 Å². The summed E-state index contributed by atoms with van der Waals surface area (Å²) in [6.07, 6.45) is 3.33. The largest absolute Gasteiger partial charge is 0.469 e. The van der Waals surface area contributed by atoms with E-state index in [1.807, 2.05) is 0 Å². The summed E-state index contributed by atoms with van der Waals surface area (Å²) in [6, 6.07) is 1.79. The van der Waals surface area contributed by atoms with Gasteiger partial charge in [-0.05, 0) is 18.9 Å². The Kier molecular flexibility index (Phi) is 3.96. The molecule has 1 saturated heterocycles. The molecule has 1 amide bonds. The van der Waals surface area contributed by atoms with E-state index in [1.54, 1.807) is 17.2 Å². The highest BCUT2D eigenvalue weighted by Gasteiger charge is 2.27. The Hall–Kier alpha value is -1.85. The molecule has 6 nitrogen and oxygen atoms in total. The lowest BCUT2D eigenvalue weighted by molar-refractivity contribution is -0.148. The molecule has 18 heavy (non-hydrogen) atoms. The second-order valence-electron chi connectivity index (χ2n) is 4.44. The van der Waals surface area contributed by atoms with Crippen LogP contribution >= 0.6 is 0 Å². The number of carbonyl (C=O) groups excluding carboxylic acids is 2. The molecule has 0 unspecified atom stereocenters. The predicted molar refractivity (Wildman–Crippen MR) is 63.6 cm³/mol. The number of hydrogen-bond donors (Lipinski definition) is 1. The molecule has 98 valence electrons. The van der Waals surface area contributed by atoms with Crippen molar-refractivity contribution in [1.29, 1.82) is 0 Å². The van der Waals surface area contributed by atoms with E-state index in [1.165, 1.54) is 7.11 Å². The number of carbonyl (C=O) groups is 2. The molecule has 1 N–H and O–H groups in total. The van der Waals surface area contributed by atoms with Gasteiger partial charge < -0.3 is 9.64 Å². The van der Waals surface area contributed by atoms with Gasteiger partial charge in [-0.2, -0.15) is 5.10 Å². The summed E-state index contributed by atoms with van der Waals surface area (Å²) < 4.78 is 4.71. The molecular formula is C12H17N3O3. The number of hydrogen-bond acceptors (Lipinski definition) is 4. The highest BCUT2D eigenvalue weighted by atomic mass is 16.5. The fourth-order valence-electron chi connectivity index (χ4n) is 2.19. The first kappa shape index (κ1) is 12.6. The van der Waals surface area contributed by atoms with Gasteiger partial charge in [0.2, 0.25) is 5.91 Å². The van der Waals surface area contributed by atoms with Gasteiger partial charge in [0.05, 0.1) is 19.4 Å². The highest BCUT2D eigenvalue weighted by molar-refractivity contribution is 5.79. The molecule has 1 aromatic heterocycles. The molecule has 0 bridgehead atoms. The average Bonchev–Trinajstić information content (AvgIpc) is 2.91. The van der Waals surface area contributed by atoms with Gasteiger partial charge >= 0.3 is 5.97 Å². The van der Waals surface area contributed by atoms with Crippen molar-refractivity contribution in [2.24, 2.45) is 5.92 Å². The van der Waals surface area contributed by atoms with Gasteiger partial charge in [0.1, 0.15) is 0 Å². The third-order valence-electron chi connectivity index (χ3n) is 3.28. The van der Waals surface area contributed by atoms with E-state index in [2.05, 4.69) is 10.2 Å². The number of methoxy groups -OCH3 is 1. The number of H-pyrrole nitrogens is 1. The fourth-order valence-corrected chi connectivity index (χ4v) is 2.19. The molecular weight excluding hydrogens is 234 g/mol. The van der Waals surface area contributed by atoms with Crippen LogP contribution in [0.3, 0.4) is 0 Å². The summed E-state index contributed by atoms with van der Waals surface area (Å²) in [5.74, 6) is -0.163. The lowest BCUT2D eigenvalue weighted by atomic mass is 9.97. The number of aromatic nitrogens is 2. The second-order valence-corrected chi connectivity index (χ2v) is 4.44. The maximum atomic E-state index is 12.0. The van der Waals surface area contributed by atoms with Gasteiger partial charge in [0, 0.05) is 25.0 Å². The minimum absolute atomic E-state index is 0.0637. The average molecular weight is 251 g/mol. The summed E-state index contributed by atoms with van der Waals surface area (Å²) in [5.41, 5.74) is 0.815. The Morgan fingerprint density at radius 3 is 2.78 bits per heavy atom. The molecule has 0 saturated carbocycles. The topological polar surface area (TPSA) is 75.3 Å². The fraction of sp³-hybridized carbons (Fsp3) is 0.583. The van der Waals surface area contributed by atoms with Crippen LogP contribution in [0.5, 0.6) is 0 Å². The Bertz CT molecular complexity index is 408. The van der Waals surface area contributed by atoms with Gasteiger partial charge in [0.25, 0.3) is 0 Å². The normalized spacial score (nSPS) is 16.6. The van der Waals surface area contributed by atoms with E-state index in [9.17, 15) is 9.59 Å². The smallest absolute Gasteiger partial charge is 0.308 e. The van der Waals surface area contributed by atoms with Crippen LogP contribution in [0.4, 0.5) is 0 Å². The molecule has 0 spiro atoms. The van der Waals surface area contributed by atoms with E-state index < -0.39 is 0 Å². The molecule has 1 aliphatic heterocycles. The zero-order valence-corrected chi connectivity index (χ0v) is 10.4. The SMILES string of the molecule is COC(=O)C1CCN(C(=O)Cc2ccn[nH]2)CC1. The summed E-state index contributed by atoms with van der Waals surface area (Å²) in [7, 11) is 1.40. The molecule has 0 aliphatic carbocycles. The number of piperidine rings is 1. The predicted octanol–water partition coefficient (Wildman–Crippen LogP) is 0.364. The number of aromatic amines is 1. The van der Waals surface area contributed by atoms with Crippen molar-refractivity contribution in [2.45, 2.75) is 19.3 Å². The first-order chi connectivity index (χ1) is 8.70. The Balaban J connectivity index is 1.82. The van der Waals surface area contributed by atoms with E-state index in [0.717, 1.165) is 5.69 Å². The van der Waals surface area contributed by atoms with Crippen molar-refractivity contribution < 1.29 is 14.3 Å². The van der Waals surface area contributed by atoms with Gasteiger partial charge in [0.15, 0.2) is 0 Å². The molecule has 1 aliphatic rings. The summed E-state index contributed by atoms with van der Waals surface area (Å²) >= 11 is 0. The van der Waals surface area contributed by atoms with Crippen molar-refractivity contribution >= 4 is 11.9 Å². The van der Waals surface area contributed by atoms with Crippen LogP contribution in [0.25, 0.3) is 0 Å². The third-order valence-corrected chi connectivity index (χ3v) is 3.28. The van der Waals surface area contributed by atoms with Crippen LogP contribution in [0, 0.1) is 5.92 Å². The monoisotopic (exact) mass is 251 g/mol. The minimum Gasteiger partial charge on any atom is -0.469 e. The molecule has 6 heteroatoms. The maximum absolute atomic E-state index is 12.0. The number of nitrogens with one attached hydrogen (secondary N) is 1. The number of esters is 1. The van der Waals surface area contributed by atoms with E-state index in [-0.39, 0.29) is 17.8 Å². The number of amides is 1. The molecule has 0 atom stereocenters. The standard InChI is InChI=1S/C12H17N3O3/c1-18-12(17)9-3-6-15(7-4-9)11(16)8-10-2-5-13-14-10/h2,5,9H,3-4,6-8H2,1H3,(H,13,14). The number of ether oxygens (including phenoxy) is 1. The van der Waals surface area contributed by atoms with Crippen LogP contribution in [0.2, 0.25) is 0 Å². The molecule has 1 fully saturated rings. The van der Waals surface area contributed by atoms with Crippen molar-refractivity contribution in [1.82, 2.24) is 15.1 Å². The number of likely N-dealkylation sites (tertiary alicyclic amines) is 1. The lowest BCUT2D eigenvalue weighted by Gasteiger charge is -2.30. The van der Waals surface area contributed by atoms with E-state index in [0.29, 0.717) is 32.4 Å². The molecule has 2 rings (SSSR count). The molecule has 0 aromatic carbocycles.